The largest absolute Gasteiger partial charge is 0.269 e. The molecule has 0 bridgehead atoms. The van der Waals surface area contributed by atoms with Crippen LogP contribution >= 0.6 is 0 Å². The second kappa shape index (κ2) is 5.63. The summed E-state index contributed by atoms with van der Waals surface area (Å²) >= 11 is 0. The fourth-order valence-electron chi connectivity index (χ4n) is 2.88. The van der Waals surface area contributed by atoms with E-state index in [1.54, 1.807) is 12.1 Å². The first-order valence-electron chi connectivity index (χ1n) is 6.33. The average molecular weight is 244 g/mol. The van der Waals surface area contributed by atoms with Crippen molar-refractivity contribution in [3.63, 3.8) is 0 Å². The highest BCUT2D eigenvalue weighted by Crippen LogP contribution is 2.40. The minimum atomic E-state index is -0.356. The highest BCUT2D eigenvalue weighted by atomic mass is 16.6. The molecule has 2 unspecified atom stereocenters. The molecule has 0 aromatic heterocycles. The molecule has 2 rings (SSSR count). The van der Waals surface area contributed by atoms with Gasteiger partial charge in [-0.15, -0.1) is 0 Å². The van der Waals surface area contributed by atoms with Crippen LogP contribution in [0.15, 0.2) is 24.3 Å². The fourth-order valence-corrected chi connectivity index (χ4v) is 2.88. The summed E-state index contributed by atoms with van der Waals surface area (Å²) in [5, 5.41) is 19.7. The minimum Gasteiger partial charge on any atom is -0.258 e. The molecule has 1 aromatic carbocycles. The lowest BCUT2D eigenvalue weighted by Gasteiger charge is -2.30. The summed E-state index contributed by atoms with van der Waals surface area (Å²) in [6.45, 7) is 0. The molecule has 0 radical (unpaired) electrons. The maximum absolute atomic E-state index is 10.8. The lowest BCUT2D eigenvalue weighted by Crippen LogP contribution is -2.17. The molecule has 0 N–H and O–H groups in total. The lowest BCUT2D eigenvalue weighted by molar-refractivity contribution is -0.384. The van der Waals surface area contributed by atoms with Crippen LogP contribution in [0.2, 0.25) is 0 Å². The van der Waals surface area contributed by atoms with Crippen LogP contribution in [-0.2, 0) is 0 Å². The van der Waals surface area contributed by atoms with Crippen LogP contribution in [0, 0.1) is 27.4 Å². The summed E-state index contributed by atoms with van der Waals surface area (Å²) in [4.78, 5) is 10.4. The minimum absolute atomic E-state index is 0.147. The number of nitro benzene ring substituents is 1. The summed E-state index contributed by atoms with van der Waals surface area (Å²) in [7, 11) is 0. The van der Waals surface area contributed by atoms with Gasteiger partial charge in [-0.05, 0) is 30.2 Å². The van der Waals surface area contributed by atoms with Crippen LogP contribution in [0.4, 0.5) is 5.69 Å². The number of nitriles is 1. The van der Waals surface area contributed by atoms with Gasteiger partial charge < -0.3 is 0 Å². The number of nitrogens with zero attached hydrogens (tertiary/aromatic N) is 2. The average Bonchev–Trinajstić information content (AvgIpc) is 2.40. The van der Waals surface area contributed by atoms with E-state index in [0.29, 0.717) is 18.3 Å². The van der Waals surface area contributed by atoms with Crippen molar-refractivity contribution >= 4 is 5.69 Å². The summed E-state index contributed by atoms with van der Waals surface area (Å²) < 4.78 is 0. The first kappa shape index (κ1) is 12.6. The molecular formula is C14H16N2O2. The van der Waals surface area contributed by atoms with Gasteiger partial charge in [-0.3, -0.25) is 10.1 Å². The van der Waals surface area contributed by atoms with Crippen molar-refractivity contribution in [2.75, 3.05) is 0 Å². The molecular weight excluding hydrogens is 228 g/mol. The lowest BCUT2D eigenvalue weighted by atomic mass is 9.74. The molecule has 1 saturated carbocycles. The van der Waals surface area contributed by atoms with Crippen molar-refractivity contribution in [3.05, 3.63) is 39.9 Å². The van der Waals surface area contributed by atoms with Crippen molar-refractivity contribution in [1.29, 1.82) is 5.26 Å². The van der Waals surface area contributed by atoms with E-state index in [1.807, 2.05) is 6.07 Å². The zero-order valence-electron chi connectivity index (χ0n) is 10.2. The third-order valence-electron chi connectivity index (χ3n) is 3.77. The number of hydrogen-bond donors (Lipinski definition) is 0. The van der Waals surface area contributed by atoms with Crippen LogP contribution in [-0.4, -0.2) is 4.92 Å². The van der Waals surface area contributed by atoms with Gasteiger partial charge in [0.05, 0.1) is 11.0 Å². The molecule has 1 aromatic rings. The van der Waals surface area contributed by atoms with E-state index in [9.17, 15) is 10.1 Å². The fraction of sp³-hybridized carbons (Fsp3) is 0.500. The Morgan fingerprint density at radius 3 is 2.89 bits per heavy atom. The first-order chi connectivity index (χ1) is 8.72. The van der Waals surface area contributed by atoms with Crippen molar-refractivity contribution < 1.29 is 4.92 Å². The van der Waals surface area contributed by atoms with Crippen LogP contribution in [0.25, 0.3) is 0 Å². The molecule has 2 atom stereocenters. The maximum Gasteiger partial charge on any atom is 0.269 e. The predicted octanol–water partition coefficient (Wildman–Crippen LogP) is 3.78. The molecule has 4 nitrogen and oxygen atoms in total. The standard InChI is InChI=1S/C14H16N2O2/c15-9-8-11-4-1-2-7-14(11)12-5-3-6-13(10-12)16(17)18/h3,5-6,10-11,14H,1-2,4,7-8H2. The summed E-state index contributed by atoms with van der Waals surface area (Å²) in [5.41, 5.74) is 1.16. The molecule has 1 aliphatic carbocycles. The van der Waals surface area contributed by atoms with Crippen LogP contribution < -0.4 is 0 Å². The molecule has 0 amide bonds. The maximum atomic E-state index is 10.8. The van der Waals surface area contributed by atoms with E-state index >= 15 is 0 Å². The molecule has 1 fully saturated rings. The third kappa shape index (κ3) is 2.67. The Bertz CT molecular complexity index is 479. The van der Waals surface area contributed by atoms with Gasteiger partial charge in [-0.1, -0.05) is 25.0 Å². The third-order valence-corrected chi connectivity index (χ3v) is 3.77. The predicted molar refractivity (Wildman–Crippen MR) is 68.0 cm³/mol. The quantitative estimate of drug-likeness (QED) is 0.600. The molecule has 1 aliphatic rings. The van der Waals surface area contributed by atoms with E-state index in [1.165, 1.54) is 6.07 Å². The number of hydrogen-bond acceptors (Lipinski definition) is 3. The van der Waals surface area contributed by atoms with Gasteiger partial charge in [0.15, 0.2) is 0 Å². The first-order valence-corrected chi connectivity index (χ1v) is 6.33. The van der Waals surface area contributed by atoms with Crippen molar-refractivity contribution in [2.45, 2.75) is 38.0 Å². The van der Waals surface area contributed by atoms with Crippen LogP contribution in [0.3, 0.4) is 0 Å². The van der Waals surface area contributed by atoms with E-state index in [-0.39, 0.29) is 10.6 Å². The Balaban J connectivity index is 2.25. The van der Waals surface area contributed by atoms with Crippen molar-refractivity contribution in [1.82, 2.24) is 0 Å². The highest BCUT2D eigenvalue weighted by molar-refractivity contribution is 5.36. The van der Waals surface area contributed by atoms with Crippen molar-refractivity contribution in [3.8, 4) is 6.07 Å². The second-order valence-corrected chi connectivity index (χ2v) is 4.87. The van der Waals surface area contributed by atoms with Crippen LogP contribution in [0.5, 0.6) is 0 Å². The van der Waals surface area contributed by atoms with Crippen LogP contribution in [0.1, 0.15) is 43.6 Å². The number of nitro groups is 1. The van der Waals surface area contributed by atoms with Gasteiger partial charge in [0.1, 0.15) is 0 Å². The Kier molecular flexibility index (Phi) is 3.93. The SMILES string of the molecule is N#CCC1CCCCC1c1cccc([N+](=O)[O-])c1. The summed E-state index contributed by atoms with van der Waals surface area (Å²) in [6, 6.07) is 9.12. The normalized spacial score (nSPS) is 23.3. The molecule has 0 aliphatic heterocycles. The molecule has 0 heterocycles. The van der Waals surface area contributed by atoms with E-state index in [0.717, 1.165) is 31.2 Å². The molecule has 4 heteroatoms. The zero-order chi connectivity index (χ0) is 13.0. The topological polar surface area (TPSA) is 66.9 Å². The number of benzene rings is 1. The monoisotopic (exact) mass is 244 g/mol. The number of non-ortho nitro benzene ring substituents is 1. The summed E-state index contributed by atoms with van der Waals surface area (Å²) in [6.07, 6.45) is 4.95. The molecule has 0 saturated heterocycles. The Labute approximate surface area is 106 Å². The highest BCUT2D eigenvalue weighted by Gasteiger charge is 2.27. The Hall–Kier alpha value is -1.89. The Morgan fingerprint density at radius 2 is 2.17 bits per heavy atom. The van der Waals surface area contributed by atoms with Gasteiger partial charge in [0, 0.05) is 18.6 Å². The van der Waals surface area contributed by atoms with Gasteiger partial charge in [0.2, 0.25) is 0 Å². The number of rotatable bonds is 3. The molecule has 18 heavy (non-hydrogen) atoms. The van der Waals surface area contributed by atoms with Crippen molar-refractivity contribution in [2.24, 2.45) is 5.92 Å². The van der Waals surface area contributed by atoms with Gasteiger partial charge >= 0.3 is 0 Å². The van der Waals surface area contributed by atoms with Gasteiger partial charge in [-0.2, -0.15) is 5.26 Å². The Morgan fingerprint density at radius 1 is 1.39 bits per heavy atom. The zero-order valence-corrected chi connectivity index (χ0v) is 10.2. The van der Waals surface area contributed by atoms with Gasteiger partial charge in [0.25, 0.3) is 5.69 Å². The smallest absolute Gasteiger partial charge is 0.258 e. The van der Waals surface area contributed by atoms with Gasteiger partial charge in [-0.25, -0.2) is 0 Å². The second-order valence-electron chi connectivity index (χ2n) is 4.87. The van der Waals surface area contributed by atoms with E-state index in [4.69, 9.17) is 5.26 Å². The molecule has 0 spiro atoms. The van der Waals surface area contributed by atoms with E-state index in [2.05, 4.69) is 6.07 Å². The summed E-state index contributed by atoms with van der Waals surface area (Å²) in [5.74, 6) is 0.657. The molecule has 94 valence electrons. The van der Waals surface area contributed by atoms with E-state index < -0.39 is 0 Å².